The molecule has 1 saturated heterocycles. The zero-order valence-corrected chi connectivity index (χ0v) is 18.5. The van der Waals surface area contributed by atoms with Crippen LogP contribution >= 0.6 is 0 Å². The molecule has 7 nitrogen and oxygen atoms in total. The standard InChI is InChI=1S/C25H27NO6/c1-15-12-18-13-17(8-9-20(18)32-15)23(27)21-22(16-6-4-7-19(14-16)31-3)26(10-5-11-30-2)25(29)24(21)28/h4,6-9,13-15,22,27H,5,10-12H2,1-3H3/t15-,22+/m1/s1. The third-order valence-electron chi connectivity index (χ3n) is 5.87. The summed E-state index contributed by atoms with van der Waals surface area (Å²) in [6.45, 7) is 2.76. The molecule has 2 aliphatic rings. The van der Waals surface area contributed by atoms with E-state index in [0.29, 0.717) is 36.4 Å². The summed E-state index contributed by atoms with van der Waals surface area (Å²) in [5.74, 6) is -0.133. The predicted molar refractivity (Wildman–Crippen MR) is 119 cm³/mol. The van der Waals surface area contributed by atoms with Crippen molar-refractivity contribution in [2.45, 2.75) is 31.9 Å². The van der Waals surface area contributed by atoms with Crippen molar-refractivity contribution in [2.24, 2.45) is 0 Å². The molecule has 0 saturated carbocycles. The first kappa shape index (κ1) is 21.9. The molecule has 1 amide bonds. The zero-order valence-electron chi connectivity index (χ0n) is 18.5. The van der Waals surface area contributed by atoms with Crippen LogP contribution in [0.3, 0.4) is 0 Å². The quantitative estimate of drug-likeness (QED) is 0.309. The Balaban J connectivity index is 1.81. The Hall–Kier alpha value is -3.32. The summed E-state index contributed by atoms with van der Waals surface area (Å²) in [7, 11) is 3.15. The molecule has 1 N–H and O–H groups in total. The molecule has 0 spiro atoms. The van der Waals surface area contributed by atoms with Gasteiger partial charge in [0.15, 0.2) is 0 Å². The van der Waals surface area contributed by atoms with E-state index < -0.39 is 17.7 Å². The van der Waals surface area contributed by atoms with Crippen LogP contribution in [0.1, 0.15) is 36.1 Å². The second-order valence-corrected chi connectivity index (χ2v) is 8.07. The molecule has 0 unspecified atom stereocenters. The molecule has 0 radical (unpaired) electrons. The first-order valence-corrected chi connectivity index (χ1v) is 10.7. The third kappa shape index (κ3) is 3.96. The molecule has 1 fully saturated rings. The van der Waals surface area contributed by atoms with Gasteiger partial charge in [0.2, 0.25) is 0 Å². The van der Waals surface area contributed by atoms with Crippen molar-refractivity contribution >= 4 is 17.4 Å². The van der Waals surface area contributed by atoms with E-state index in [1.807, 2.05) is 19.1 Å². The molecular weight excluding hydrogens is 410 g/mol. The Bertz CT molecular complexity index is 1080. The maximum atomic E-state index is 13.1. The summed E-state index contributed by atoms with van der Waals surface area (Å²) in [6, 6.07) is 11.8. The van der Waals surface area contributed by atoms with Gasteiger partial charge in [0.05, 0.1) is 18.7 Å². The van der Waals surface area contributed by atoms with Crippen molar-refractivity contribution in [1.29, 1.82) is 0 Å². The number of rotatable bonds is 7. The molecule has 2 aromatic rings. The minimum Gasteiger partial charge on any atom is -0.507 e. The Morgan fingerprint density at radius 2 is 2.00 bits per heavy atom. The fraction of sp³-hybridized carbons (Fsp3) is 0.360. The molecule has 7 heteroatoms. The van der Waals surface area contributed by atoms with E-state index in [0.717, 1.165) is 17.7 Å². The second-order valence-electron chi connectivity index (χ2n) is 8.07. The Kier molecular flexibility index (Phi) is 6.19. The fourth-order valence-electron chi connectivity index (χ4n) is 4.37. The van der Waals surface area contributed by atoms with Gasteiger partial charge in [0, 0.05) is 32.2 Å². The molecule has 2 heterocycles. The predicted octanol–water partition coefficient (Wildman–Crippen LogP) is 3.48. The van der Waals surface area contributed by atoms with Crippen LogP contribution in [-0.4, -0.2) is 55.2 Å². The number of amides is 1. The van der Waals surface area contributed by atoms with E-state index in [2.05, 4.69) is 0 Å². The molecule has 4 rings (SSSR count). The number of methoxy groups -OCH3 is 2. The number of carbonyl (C=O) groups excluding carboxylic acids is 2. The Morgan fingerprint density at radius 3 is 2.75 bits per heavy atom. The number of hydrogen-bond donors (Lipinski definition) is 1. The largest absolute Gasteiger partial charge is 0.507 e. The molecular formula is C25H27NO6. The highest BCUT2D eigenvalue weighted by molar-refractivity contribution is 6.46. The number of aliphatic hydroxyl groups excluding tert-OH is 1. The van der Waals surface area contributed by atoms with Crippen molar-refractivity contribution in [3.8, 4) is 11.5 Å². The third-order valence-corrected chi connectivity index (χ3v) is 5.87. The second kappa shape index (κ2) is 9.04. The summed E-state index contributed by atoms with van der Waals surface area (Å²) in [5.41, 5.74) is 2.23. The molecule has 2 aromatic carbocycles. The van der Waals surface area contributed by atoms with Gasteiger partial charge in [0.1, 0.15) is 23.4 Å². The molecule has 32 heavy (non-hydrogen) atoms. The van der Waals surface area contributed by atoms with Crippen LogP contribution in [0.4, 0.5) is 0 Å². The normalized spacial score (nSPS) is 21.5. The van der Waals surface area contributed by atoms with Crippen molar-refractivity contribution in [3.63, 3.8) is 0 Å². The molecule has 168 valence electrons. The van der Waals surface area contributed by atoms with E-state index in [1.54, 1.807) is 44.6 Å². The maximum Gasteiger partial charge on any atom is 0.295 e. The first-order chi connectivity index (χ1) is 15.4. The van der Waals surface area contributed by atoms with Crippen LogP contribution in [0, 0.1) is 0 Å². The number of carbonyl (C=O) groups is 2. The van der Waals surface area contributed by atoms with Gasteiger partial charge in [-0.15, -0.1) is 0 Å². The number of benzene rings is 2. The number of ether oxygens (including phenoxy) is 3. The topological polar surface area (TPSA) is 85.3 Å². The van der Waals surface area contributed by atoms with Gasteiger partial charge in [-0.3, -0.25) is 9.59 Å². The molecule has 2 atom stereocenters. The highest BCUT2D eigenvalue weighted by atomic mass is 16.5. The molecule has 0 aromatic heterocycles. The minimum absolute atomic E-state index is 0.0607. The summed E-state index contributed by atoms with van der Waals surface area (Å²) in [4.78, 5) is 27.5. The number of Topliss-reactive ketones (excluding diaryl/α,β-unsaturated/α-hetero) is 1. The number of ketones is 1. The summed E-state index contributed by atoms with van der Waals surface area (Å²) in [5, 5.41) is 11.2. The zero-order chi connectivity index (χ0) is 22.8. The van der Waals surface area contributed by atoms with Gasteiger partial charge in [-0.1, -0.05) is 12.1 Å². The number of aliphatic hydroxyl groups is 1. The van der Waals surface area contributed by atoms with Crippen molar-refractivity contribution in [3.05, 3.63) is 64.7 Å². The van der Waals surface area contributed by atoms with Crippen LogP contribution < -0.4 is 9.47 Å². The van der Waals surface area contributed by atoms with Crippen molar-refractivity contribution in [2.75, 3.05) is 27.4 Å². The van der Waals surface area contributed by atoms with E-state index >= 15 is 0 Å². The van der Waals surface area contributed by atoms with Gasteiger partial charge in [-0.25, -0.2) is 0 Å². The minimum atomic E-state index is -0.717. The Labute approximate surface area is 187 Å². The van der Waals surface area contributed by atoms with E-state index in [9.17, 15) is 14.7 Å². The van der Waals surface area contributed by atoms with Crippen LogP contribution in [0.2, 0.25) is 0 Å². The lowest BCUT2D eigenvalue weighted by Gasteiger charge is -2.25. The van der Waals surface area contributed by atoms with Gasteiger partial charge in [-0.05, 0) is 54.8 Å². The van der Waals surface area contributed by atoms with Crippen LogP contribution in [0.5, 0.6) is 11.5 Å². The van der Waals surface area contributed by atoms with Gasteiger partial charge >= 0.3 is 0 Å². The monoisotopic (exact) mass is 437 g/mol. The van der Waals surface area contributed by atoms with Crippen molar-refractivity contribution in [1.82, 2.24) is 4.90 Å². The maximum absolute atomic E-state index is 13.1. The highest BCUT2D eigenvalue weighted by Crippen LogP contribution is 2.41. The average Bonchev–Trinajstić information content (AvgIpc) is 3.29. The molecule has 0 aliphatic carbocycles. The van der Waals surface area contributed by atoms with Gasteiger partial charge in [0.25, 0.3) is 11.7 Å². The van der Waals surface area contributed by atoms with Gasteiger partial charge in [-0.2, -0.15) is 0 Å². The van der Waals surface area contributed by atoms with Gasteiger partial charge < -0.3 is 24.2 Å². The summed E-state index contributed by atoms with van der Waals surface area (Å²) < 4.78 is 16.2. The fourth-order valence-corrected chi connectivity index (χ4v) is 4.37. The number of fused-ring (bicyclic) bond motifs is 1. The number of nitrogens with zero attached hydrogens (tertiary/aromatic N) is 1. The Morgan fingerprint density at radius 1 is 1.19 bits per heavy atom. The average molecular weight is 437 g/mol. The highest BCUT2D eigenvalue weighted by Gasteiger charge is 2.46. The lowest BCUT2D eigenvalue weighted by atomic mass is 9.94. The van der Waals surface area contributed by atoms with Crippen LogP contribution in [0.15, 0.2) is 48.0 Å². The first-order valence-electron chi connectivity index (χ1n) is 10.7. The van der Waals surface area contributed by atoms with E-state index in [1.165, 1.54) is 4.90 Å². The lowest BCUT2D eigenvalue weighted by Crippen LogP contribution is -2.31. The van der Waals surface area contributed by atoms with Crippen LogP contribution in [0.25, 0.3) is 5.76 Å². The summed E-state index contributed by atoms with van der Waals surface area (Å²) in [6.07, 6.45) is 1.35. The number of likely N-dealkylation sites (tertiary alicyclic amines) is 1. The SMILES string of the molecule is COCCCN1C(=O)C(=O)C(=C(O)c2ccc3c(c2)C[C@@H](C)O3)[C@@H]1c1cccc(OC)c1. The van der Waals surface area contributed by atoms with E-state index in [4.69, 9.17) is 14.2 Å². The van der Waals surface area contributed by atoms with Crippen LogP contribution in [-0.2, 0) is 20.7 Å². The smallest absolute Gasteiger partial charge is 0.295 e. The molecule has 0 bridgehead atoms. The van der Waals surface area contributed by atoms with Crippen molar-refractivity contribution < 1.29 is 28.9 Å². The van der Waals surface area contributed by atoms with E-state index in [-0.39, 0.29) is 17.4 Å². The lowest BCUT2D eigenvalue weighted by molar-refractivity contribution is -0.140. The number of hydrogen-bond acceptors (Lipinski definition) is 6. The molecule has 2 aliphatic heterocycles. The summed E-state index contributed by atoms with van der Waals surface area (Å²) >= 11 is 0.